The van der Waals surface area contributed by atoms with Crippen molar-refractivity contribution < 1.29 is 9.53 Å². The van der Waals surface area contributed by atoms with Crippen molar-refractivity contribution in [2.24, 2.45) is 5.73 Å². The second-order valence-electron chi connectivity index (χ2n) is 5.81. The fourth-order valence-electron chi connectivity index (χ4n) is 3.13. The third-order valence-electron chi connectivity index (χ3n) is 4.32. The third-order valence-corrected chi connectivity index (χ3v) is 4.32. The zero-order valence-corrected chi connectivity index (χ0v) is 11.9. The Balaban J connectivity index is 1.93. The molecule has 1 heterocycles. The lowest BCUT2D eigenvalue weighted by Gasteiger charge is -2.34. The van der Waals surface area contributed by atoms with E-state index in [0.717, 1.165) is 37.0 Å². The number of ether oxygens (including phenoxy) is 1. The Morgan fingerprint density at radius 1 is 1.20 bits per heavy atom. The summed E-state index contributed by atoms with van der Waals surface area (Å²) in [6.07, 6.45) is 4.68. The Labute approximate surface area is 119 Å². The molecule has 0 radical (unpaired) electrons. The predicted octanol–water partition coefficient (Wildman–Crippen LogP) is 2.24. The van der Waals surface area contributed by atoms with Crippen LogP contribution in [0.2, 0.25) is 0 Å². The Hall–Kier alpha value is -1.55. The smallest absolute Gasteiger partial charge is 0.223 e. The van der Waals surface area contributed by atoms with Crippen LogP contribution in [0.4, 0.5) is 0 Å². The number of carbonyl (C=O) groups excluding carboxylic acids is 1. The SMILES string of the molecule is COc1ccc(C2C(N)CCCC(=O)N2C2CC2)cc1. The van der Waals surface area contributed by atoms with Crippen LogP contribution >= 0.6 is 0 Å². The topological polar surface area (TPSA) is 55.6 Å². The number of methoxy groups -OCH3 is 1. The highest BCUT2D eigenvalue weighted by Gasteiger charge is 2.41. The van der Waals surface area contributed by atoms with Gasteiger partial charge in [0, 0.05) is 18.5 Å². The van der Waals surface area contributed by atoms with E-state index in [1.54, 1.807) is 7.11 Å². The molecule has 4 nitrogen and oxygen atoms in total. The average molecular weight is 274 g/mol. The van der Waals surface area contributed by atoms with E-state index in [4.69, 9.17) is 10.5 Å². The highest BCUT2D eigenvalue weighted by molar-refractivity contribution is 5.78. The first-order valence-corrected chi connectivity index (χ1v) is 7.41. The van der Waals surface area contributed by atoms with E-state index in [1.807, 2.05) is 24.3 Å². The van der Waals surface area contributed by atoms with Crippen LogP contribution in [0.1, 0.15) is 43.7 Å². The maximum atomic E-state index is 12.4. The summed E-state index contributed by atoms with van der Waals surface area (Å²) in [4.78, 5) is 14.4. The van der Waals surface area contributed by atoms with Crippen LogP contribution in [0.15, 0.2) is 24.3 Å². The van der Waals surface area contributed by atoms with Crippen molar-refractivity contribution in [1.29, 1.82) is 0 Å². The molecule has 1 saturated heterocycles. The lowest BCUT2D eigenvalue weighted by Crippen LogP contribution is -2.43. The number of rotatable bonds is 3. The Morgan fingerprint density at radius 2 is 1.90 bits per heavy atom. The second kappa shape index (κ2) is 5.44. The molecule has 2 fully saturated rings. The minimum Gasteiger partial charge on any atom is -0.497 e. The molecule has 1 amide bonds. The molecule has 1 aromatic carbocycles. The summed E-state index contributed by atoms with van der Waals surface area (Å²) in [7, 11) is 1.66. The number of benzene rings is 1. The van der Waals surface area contributed by atoms with Crippen molar-refractivity contribution in [2.75, 3.05) is 7.11 Å². The van der Waals surface area contributed by atoms with Crippen molar-refractivity contribution in [2.45, 2.75) is 50.2 Å². The number of nitrogens with zero attached hydrogens (tertiary/aromatic N) is 1. The van der Waals surface area contributed by atoms with Gasteiger partial charge in [-0.3, -0.25) is 4.79 Å². The summed E-state index contributed by atoms with van der Waals surface area (Å²) < 4.78 is 5.20. The van der Waals surface area contributed by atoms with Gasteiger partial charge < -0.3 is 15.4 Å². The van der Waals surface area contributed by atoms with Crippen molar-refractivity contribution >= 4 is 5.91 Å². The van der Waals surface area contributed by atoms with E-state index < -0.39 is 0 Å². The minimum absolute atomic E-state index is 0.0170. The first-order valence-electron chi connectivity index (χ1n) is 7.41. The maximum Gasteiger partial charge on any atom is 0.223 e. The van der Waals surface area contributed by atoms with Crippen LogP contribution < -0.4 is 10.5 Å². The van der Waals surface area contributed by atoms with E-state index in [-0.39, 0.29) is 18.0 Å². The van der Waals surface area contributed by atoms with Gasteiger partial charge in [-0.25, -0.2) is 0 Å². The van der Waals surface area contributed by atoms with E-state index in [2.05, 4.69) is 4.90 Å². The predicted molar refractivity (Wildman–Crippen MR) is 77.4 cm³/mol. The zero-order chi connectivity index (χ0) is 14.1. The molecule has 1 aliphatic heterocycles. The maximum absolute atomic E-state index is 12.4. The van der Waals surface area contributed by atoms with E-state index in [9.17, 15) is 4.79 Å². The number of carbonyl (C=O) groups is 1. The number of nitrogens with two attached hydrogens (primary N) is 1. The van der Waals surface area contributed by atoms with Crippen molar-refractivity contribution in [3.8, 4) is 5.75 Å². The first-order chi connectivity index (χ1) is 9.70. The second-order valence-corrected chi connectivity index (χ2v) is 5.81. The summed E-state index contributed by atoms with van der Waals surface area (Å²) in [5, 5.41) is 0. The van der Waals surface area contributed by atoms with Crippen LogP contribution in [-0.4, -0.2) is 30.0 Å². The zero-order valence-electron chi connectivity index (χ0n) is 11.9. The number of hydrogen-bond donors (Lipinski definition) is 1. The first kappa shape index (κ1) is 13.4. The third kappa shape index (κ3) is 2.52. The fraction of sp³-hybridized carbons (Fsp3) is 0.562. The van der Waals surface area contributed by atoms with Gasteiger partial charge in [0.1, 0.15) is 5.75 Å². The minimum atomic E-state index is 0.0170. The number of amides is 1. The molecule has 1 aromatic rings. The molecular formula is C16H22N2O2. The highest BCUT2D eigenvalue weighted by atomic mass is 16.5. The summed E-state index contributed by atoms with van der Waals surface area (Å²) in [6.45, 7) is 0. The number of hydrogen-bond acceptors (Lipinski definition) is 3. The van der Waals surface area contributed by atoms with Gasteiger partial charge in [-0.15, -0.1) is 0 Å². The van der Waals surface area contributed by atoms with Crippen LogP contribution in [0.25, 0.3) is 0 Å². The highest BCUT2D eigenvalue weighted by Crippen LogP contribution is 2.39. The molecule has 1 saturated carbocycles. The van der Waals surface area contributed by atoms with Gasteiger partial charge in [0.2, 0.25) is 5.91 Å². The molecule has 0 bridgehead atoms. The van der Waals surface area contributed by atoms with Crippen LogP contribution in [0, 0.1) is 0 Å². The standard InChI is InChI=1S/C16H22N2O2/c1-20-13-9-5-11(6-10-13)16-14(17)3-2-4-15(19)18(16)12-7-8-12/h5-6,9-10,12,14,16H,2-4,7-8,17H2,1H3. The molecule has 2 atom stereocenters. The van der Waals surface area contributed by atoms with Gasteiger partial charge in [0.15, 0.2) is 0 Å². The van der Waals surface area contributed by atoms with Crippen LogP contribution in [0.3, 0.4) is 0 Å². The molecular weight excluding hydrogens is 252 g/mol. The normalized spacial score (nSPS) is 27.3. The lowest BCUT2D eigenvalue weighted by molar-refractivity contribution is -0.133. The molecule has 108 valence electrons. The van der Waals surface area contributed by atoms with Crippen LogP contribution in [0.5, 0.6) is 5.75 Å². The van der Waals surface area contributed by atoms with Gasteiger partial charge in [0.25, 0.3) is 0 Å². The molecule has 20 heavy (non-hydrogen) atoms. The largest absolute Gasteiger partial charge is 0.497 e. The van der Waals surface area contributed by atoms with Gasteiger partial charge in [0.05, 0.1) is 13.2 Å². The molecule has 1 aliphatic carbocycles. The summed E-state index contributed by atoms with van der Waals surface area (Å²) in [5.74, 6) is 1.10. The molecule has 2 aliphatic rings. The quantitative estimate of drug-likeness (QED) is 0.919. The van der Waals surface area contributed by atoms with Gasteiger partial charge in [-0.1, -0.05) is 12.1 Å². The lowest BCUT2D eigenvalue weighted by atomic mass is 9.96. The summed E-state index contributed by atoms with van der Waals surface area (Å²) in [6, 6.07) is 8.41. The summed E-state index contributed by atoms with van der Waals surface area (Å²) in [5.41, 5.74) is 7.50. The van der Waals surface area contributed by atoms with E-state index in [0.29, 0.717) is 12.5 Å². The monoisotopic (exact) mass is 274 g/mol. The van der Waals surface area contributed by atoms with Crippen molar-refractivity contribution in [3.63, 3.8) is 0 Å². The van der Waals surface area contributed by atoms with Gasteiger partial charge >= 0.3 is 0 Å². The molecule has 0 aromatic heterocycles. The molecule has 2 N–H and O–H groups in total. The van der Waals surface area contributed by atoms with E-state index in [1.165, 1.54) is 0 Å². The molecule has 3 rings (SSSR count). The molecule has 0 spiro atoms. The molecule has 4 heteroatoms. The van der Waals surface area contributed by atoms with Crippen molar-refractivity contribution in [3.05, 3.63) is 29.8 Å². The van der Waals surface area contributed by atoms with Gasteiger partial charge in [-0.2, -0.15) is 0 Å². The summed E-state index contributed by atoms with van der Waals surface area (Å²) >= 11 is 0. The van der Waals surface area contributed by atoms with E-state index >= 15 is 0 Å². The fourth-order valence-corrected chi connectivity index (χ4v) is 3.13. The van der Waals surface area contributed by atoms with Crippen LogP contribution in [-0.2, 0) is 4.79 Å². The van der Waals surface area contributed by atoms with Gasteiger partial charge in [-0.05, 0) is 43.4 Å². The Morgan fingerprint density at radius 3 is 2.50 bits per heavy atom. The number of likely N-dealkylation sites (tertiary alicyclic amines) is 1. The average Bonchev–Trinajstić information content (AvgIpc) is 3.28. The Kier molecular flexibility index (Phi) is 3.66. The Bertz CT molecular complexity index is 482. The molecule has 2 unspecified atom stereocenters. The van der Waals surface area contributed by atoms with Crippen molar-refractivity contribution in [1.82, 2.24) is 4.90 Å².